The lowest BCUT2D eigenvalue weighted by molar-refractivity contribution is -0.123. The molecule has 0 fully saturated rings. The first-order chi connectivity index (χ1) is 10.3. The van der Waals surface area contributed by atoms with Crippen molar-refractivity contribution in [3.05, 3.63) is 33.8 Å². The van der Waals surface area contributed by atoms with Gasteiger partial charge in [-0.15, -0.1) is 0 Å². The fraction of sp³-hybridized carbons (Fsp3) is 0.400. The Morgan fingerprint density at radius 3 is 2.82 bits per heavy atom. The van der Waals surface area contributed by atoms with E-state index in [2.05, 4.69) is 11.4 Å². The van der Waals surface area contributed by atoms with E-state index in [1.807, 2.05) is 13.8 Å². The number of hydrogen-bond donors (Lipinski definition) is 1. The van der Waals surface area contributed by atoms with Gasteiger partial charge >= 0.3 is 5.76 Å². The summed E-state index contributed by atoms with van der Waals surface area (Å²) in [5, 5.41) is 12.3. The van der Waals surface area contributed by atoms with Gasteiger partial charge in [-0.1, -0.05) is 25.4 Å². The molecule has 6 nitrogen and oxygen atoms in total. The number of nitriles is 1. The molecule has 0 aliphatic heterocycles. The van der Waals surface area contributed by atoms with E-state index >= 15 is 0 Å². The van der Waals surface area contributed by atoms with Gasteiger partial charge in [0.15, 0.2) is 5.58 Å². The number of carbonyl (C=O) groups is 1. The molecule has 22 heavy (non-hydrogen) atoms. The number of amides is 1. The first-order valence-electron chi connectivity index (χ1n) is 6.78. The van der Waals surface area contributed by atoms with Gasteiger partial charge in [0.1, 0.15) is 12.1 Å². The molecule has 1 heterocycles. The lowest BCUT2D eigenvalue weighted by Gasteiger charge is -2.27. The van der Waals surface area contributed by atoms with Gasteiger partial charge in [-0.05, 0) is 25.0 Å². The van der Waals surface area contributed by atoms with Gasteiger partial charge in [-0.25, -0.2) is 4.79 Å². The van der Waals surface area contributed by atoms with E-state index in [0.29, 0.717) is 16.1 Å². The van der Waals surface area contributed by atoms with E-state index in [0.717, 1.165) is 0 Å². The summed E-state index contributed by atoms with van der Waals surface area (Å²) in [6.07, 6.45) is 0. The lowest BCUT2D eigenvalue weighted by Crippen LogP contribution is -2.50. The van der Waals surface area contributed by atoms with Crippen molar-refractivity contribution in [3.8, 4) is 6.07 Å². The molecule has 0 saturated carbocycles. The van der Waals surface area contributed by atoms with Crippen molar-refractivity contribution in [3.63, 3.8) is 0 Å². The molecule has 116 valence electrons. The predicted molar refractivity (Wildman–Crippen MR) is 82.5 cm³/mol. The van der Waals surface area contributed by atoms with Gasteiger partial charge in [0, 0.05) is 11.1 Å². The predicted octanol–water partition coefficient (Wildman–Crippen LogP) is 2.30. The number of nitrogens with zero attached hydrogens (tertiary/aromatic N) is 2. The Bertz CT molecular complexity index is 816. The van der Waals surface area contributed by atoms with Crippen molar-refractivity contribution < 1.29 is 9.21 Å². The second-order valence-electron chi connectivity index (χ2n) is 5.58. The van der Waals surface area contributed by atoms with Crippen molar-refractivity contribution >= 4 is 28.6 Å². The topological polar surface area (TPSA) is 88.0 Å². The molecule has 0 spiro atoms. The minimum Gasteiger partial charge on any atom is -0.408 e. The van der Waals surface area contributed by atoms with Gasteiger partial charge in [-0.2, -0.15) is 5.26 Å². The molecule has 0 aliphatic carbocycles. The smallest absolute Gasteiger partial charge is 0.408 e. The fourth-order valence-electron chi connectivity index (χ4n) is 1.96. The van der Waals surface area contributed by atoms with E-state index in [1.54, 1.807) is 19.1 Å². The van der Waals surface area contributed by atoms with E-state index in [-0.39, 0.29) is 12.5 Å². The molecule has 7 heteroatoms. The Labute approximate surface area is 132 Å². The molecule has 0 aliphatic rings. The maximum atomic E-state index is 12.2. The summed E-state index contributed by atoms with van der Waals surface area (Å²) >= 11 is 5.84. The van der Waals surface area contributed by atoms with Crippen molar-refractivity contribution in [2.45, 2.75) is 32.9 Å². The van der Waals surface area contributed by atoms with E-state index < -0.39 is 17.2 Å². The van der Waals surface area contributed by atoms with Crippen LogP contribution < -0.4 is 11.1 Å². The molecule has 0 saturated heterocycles. The molecule has 1 N–H and O–H groups in total. The average molecular weight is 322 g/mol. The van der Waals surface area contributed by atoms with Crippen LogP contribution >= 0.6 is 11.6 Å². The summed E-state index contributed by atoms with van der Waals surface area (Å²) < 4.78 is 6.27. The lowest BCUT2D eigenvalue weighted by atomic mass is 9.90. The normalized spacial score (nSPS) is 13.8. The van der Waals surface area contributed by atoms with Gasteiger partial charge < -0.3 is 9.73 Å². The van der Waals surface area contributed by atoms with Crippen LogP contribution in [0.1, 0.15) is 20.8 Å². The van der Waals surface area contributed by atoms with E-state index in [1.165, 1.54) is 10.6 Å². The quantitative estimate of drug-likeness (QED) is 0.935. The summed E-state index contributed by atoms with van der Waals surface area (Å²) in [4.78, 5) is 24.0. The zero-order valence-electron chi connectivity index (χ0n) is 12.5. The Morgan fingerprint density at radius 2 is 2.23 bits per heavy atom. The van der Waals surface area contributed by atoms with Crippen molar-refractivity contribution in [2.75, 3.05) is 0 Å². The number of aromatic nitrogens is 1. The Balaban J connectivity index is 2.28. The SMILES string of the molecule is CC(C)[C@@](C)(C#N)NC(=O)Cn1c(=O)oc2cc(Cl)ccc21. The van der Waals surface area contributed by atoms with Crippen LogP contribution in [0.15, 0.2) is 27.4 Å². The van der Waals surface area contributed by atoms with Crippen LogP contribution in [0.4, 0.5) is 0 Å². The number of oxazole rings is 1. The van der Waals surface area contributed by atoms with E-state index in [4.69, 9.17) is 16.0 Å². The van der Waals surface area contributed by atoms with E-state index in [9.17, 15) is 14.9 Å². The molecule has 0 unspecified atom stereocenters. The van der Waals surface area contributed by atoms with Crippen molar-refractivity contribution in [1.29, 1.82) is 5.26 Å². The number of benzene rings is 1. The maximum absolute atomic E-state index is 12.2. The molecule has 2 rings (SSSR count). The van der Waals surface area contributed by atoms with Gasteiger partial charge in [-0.3, -0.25) is 9.36 Å². The highest BCUT2D eigenvalue weighted by molar-refractivity contribution is 6.31. The first kappa shape index (κ1) is 16.1. The van der Waals surface area contributed by atoms with Gasteiger partial charge in [0.25, 0.3) is 0 Å². The molecular weight excluding hydrogens is 306 g/mol. The Hall–Kier alpha value is -2.26. The summed E-state index contributed by atoms with van der Waals surface area (Å²) in [5.41, 5.74) is -0.200. The minimum atomic E-state index is -0.996. The van der Waals surface area contributed by atoms with Crippen LogP contribution in [0.5, 0.6) is 0 Å². The zero-order chi connectivity index (χ0) is 16.5. The standard InChI is InChI=1S/C15H16ClN3O3/c1-9(2)15(3,8-17)18-13(20)7-19-11-5-4-10(16)6-12(11)22-14(19)21/h4-6,9H,7H2,1-3H3,(H,18,20)/t15-/m1/s1. The largest absolute Gasteiger partial charge is 0.420 e. The molecular formula is C15H16ClN3O3. The summed E-state index contributed by atoms with van der Waals surface area (Å²) in [6.45, 7) is 5.10. The molecule has 1 aromatic carbocycles. The van der Waals surface area contributed by atoms with Crippen LogP contribution in [0.3, 0.4) is 0 Å². The monoisotopic (exact) mass is 321 g/mol. The van der Waals surface area contributed by atoms with Crippen LogP contribution in [0, 0.1) is 17.2 Å². The van der Waals surface area contributed by atoms with Crippen molar-refractivity contribution in [1.82, 2.24) is 9.88 Å². The van der Waals surface area contributed by atoms with Crippen molar-refractivity contribution in [2.24, 2.45) is 5.92 Å². The third kappa shape index (κ3) is 3.00. The molecule has 1 amide bonds. The molecule has 1 aromatic heterocycles. The Kier molecular flexibility index (Phi) is 4.29. The fourth-order valence-corrected chi connectivity index (χ4v) is 2.13. The van der Waals surface area contributed by atoms with Gasteiger partial charge in [0.05, 0.1) is 11.6 Å². The summed E-state index contributed by atoms with van der Waals surface area (Å²) in [7, 11) is 0. The first-order valence-corrected chi connectivity index (χ1v) is 7.16. The second kappa shape index (κ2) is 5.85. The number of hydrogen-bond acceptors (Lipinski definition) is 4. The molecule has 0 bridgehead atoms. The molecule has 1 atom stereocenters. The molecule has 2 aromatic rings. The minimum absolute atomic E-state index is 0.0712. The third-order valence-electron chi connectivity index (χ3n) is 3.72. The number of rotatable bonds is 4. The van der Waals surface area contributed by atoms with Gasteiger partial charge in [0.2, 0.25) is 5.91 Å². The van der Waals surface area contributed by atoms with Crippen LogP contribution in [0.25, 0.3) is 11.1 Å². The van der Waals surface area contributed by atoms with Crippen LogP contribution in [-0.4, -0.2) is 16.0 Å². The second-order valence-corrected chi connectivity index (χ2v) is 6.02. The number of nitrogens with one attached hydrogen (secondary N) is 1. The molecule has 0 radical (unpaired) electrons. The highest BCUT2D eigenvalue weighted by Crippen LogP contribution is 2.19. The number of halogens is 1. The van der Waals surface area contributed by atoms with Crippen LogP contribution in [-0.2, 0) is 11.3 Å². The summed E-state index contributed by atoms with van der Waals surface area (Å²) in [5.74, 6) is -1.15. The number of fused-ring (bicyclic) bond motifs is 1. The zero-order valence-corrected chi connectivity index (χ0v) is 13.3. The highest BCUT2D eigenvalue weighted by atomic mass is 35.5. The highest BCUT2D eigenvalue weighted by Gasteiger charge is 2.30. The average Bonchev–Trinajstić information content (AvgIpc) is 2.73. The summed E-state index contributed by atoms with van der Waals surface area (Å²) in [6, 6.07) is 6.83. The Morgan fingerprint density at radius 1 is 1.55 bits per heavy atom. The third-order valence-corrected chi connectivity index (χ3v) is 3.95. The number of carbonyl (C=O) groups excluding carboxylic acids is 1. The maximum Gasteiger partial charge on any atom is 0.420 e. The van der Waals surface area contributed by atoms with Crippen LogP contribution in [0.2, 0.25) is 5.02 Å².